The Morgan fingerprint density at radius 1 is 1.07 bits per heavy atom. The van der Waals surface area contributed by atoms with Crippen molar-refractivity contribution in [3.05, 3.63) is 68.8 Å². The fraction of sp³-hybridized carbons (Fsp3) is 0.304. The first-order valence-corrected chi connectivity index (χ1v) is 11.0. The van der Waals surface area contributed by atoms with Gasteiger partial charge in [-0.3, -0.25) is 0 Å². The zero-order chi connectivity index (χ0) is 22.3. The van der Waals surface area contributed by atoms with Crippen molar-refractivity contribution in [1.29, 1.82) is 0 Å². The monoisotopic (exact) mass is 492 g/mol. The molecule has 0 spiro atoms. The van der Waals surface area contributed by atoms with Crippen molar-refractivity contribution in [3.63, 3.8) is 0 Å². The van der Waals surface area contributed by atoms with Gasteiger partial charge in [0, 0.05) is 21.3 Å². The van der Waals surface area contributed by atoms with E-state index in [0.717, 1.165) is 5.56 Å². The van der Waals surface area contributed by atoms with Gasteiger partial charge >= 0.3 is 5.97 Å². The van der Waals surface area contributed by atoms with E-state index >= 15 is 0 Å². The van der Waals surface area contributed by atoms with Crippen LogP contribution < -0.4 is 0 Å². The van der Waals surface area contributed by atoms with Gasteiger partial charge in [0.2, 0.25) is 0 Å². The van der Waals surface area contributed by atoms with Gasteiger partial charge in [0.25, 0.3) is 0 Å². The number of pyridine rings is 1. The molecule has 5 nitrogen and oxygen atoms in total. The lowest BCUT2D eigenvalue weighted by molar-refractivity contribution is 0.0695. The quantitative estimate of drug-likeness (QED) is 0.441. The molecule has 160 valence electrons. The largest absolute Gasteiger partial charge is 0.505 e. The normalized spacial score (nSPS) is 10.7. The lowest BCUT2D eigenvalue weighted by Gasteiger charge is -2.13. The molecular formula is C23H26BrClN2O3. The number of hydrogen-bond donors (Lipinski definition) is 2. The Morgan fingerprint density at radius 2 is 1.67 bits per heavy atom. The number of carboxylic acid groups (broad SMARTS) is 1. The van der Waals surface area contributed by atoms with Crippen LogP contribution in [0.15, 0.2) is 46.9 Å². The number of aromatic hydroxyl groups is 1. The number of carbonyl (C=O) groups is 1. The molecule has 3 aromatic rings. The number of para-hydroxylation sites is 1. The summed E-state index contributed by atoms with van der Waals surface area (Å²) in [6, 6.07) is 12.2. The van der Waals surface area contributed by atoms with E-state index in [2.05, 4.69) is 46.6 Å². The van der Waals surface area contributed by atoms with Crippen molar-refractivity contribution in [2.24, 2.45) is 0 Å². The maximum Gasteiger partial charge on any atom is 0.340 e. The van der Waals surface area contributed by atoms with Gasteiger partial charge in [-0.2, -0.15) is 0 Å². The Bertz CT molecular complexity index is 1000. The highest BCUT2D eigenvalue weighted by Crippen LogP contribution is 2.33. The van der Waals surface area contributed by atoms with Gasteiger partial charge in [-0.25, -0.2) is 9.78 Å². The van der Waals surface area contributed by atoms with Gasteiger partial charge in [0.05, 0.1) is 11.2 Å². The molecule has 0 amide bonds. The maximum absolute atomic E-state index is 11.6. The lowest BCUT2D eigenvalue weighted by atomic mass is 10.0. The molecule has 0 aliphatic heterocycles. The SMILES string of the molecule is CCN(CC)CC.O=C(O)c1c(O)c(Cc2ccc(Cl)cc2)nc2c(Br)cccc12. The van der Waals surface area contributed by atoms with E-state index < -0.39 is 5.97 Å². The van der Waals surface area contributed by atoms with E-state index in [0.29, 0.717) is 32.5 Å². The molecule has 2 N–H and O–H groups in total. The molecule has 0 fully saturated rings. The van der Waals surface area contributed by atoms with E-state index in [1.165, 1.54) is 19.6 Å². The summed E-state index contributed by atoms with van der Waals surface area (Å²) in [5.74, 6) is -1.50. The maximum atomic E-state index is 11.6. The molecule has 0 unspecified atom stereocenters. The zero-order valence-corrected chi connectivity index (χ0v) is 19.7. The fourth-order valence-electron chi connectivity index (χ4n) is 3.10. The van der Waals surface area contributed by atoms with Crippen molar-refractivity contribution < 1.29 is 15.0 Å². The number of nitrogens with zero attached hydrogens (tertiary/aromatic N) is 2. The Labute approximate surface area is 190 Å². The van der Waals surface area contributed by atoms with Crippen LogP contribution in [0.1, 0.15) is 42.4 Å². The number of aromatic carboxylic acids is 1. The average Bonchev–Trinajstić information content (AvgIpc) is 2.72. The molecule has 30 heavy (non-hydrogen) atoms. The van der Waals surface area contributed by atoms with Crippen LogP contribution >= 0.6 is 27.5 Å². The Balaban J connectivity index is 0.000000396. The second-order valence-corrected chi connectivity index (χ2v) is 7.94. The Morgan fingerprint density at radius 3 is 2.17 bits per heavy atom. The van der Waals surface area contributed by atoms with Crippen LogP contribution in [0.4, 0.5) is 0 Å². The smallest absolute Gasteiger partial charge is 0.340 e. The molecule has 0 radical (unpaired) electrons. The molecule has 0 aliphatic rings. The molecule has 0 saturated carbocycles. The van der Waals surface area contributed by atoms with Gasteiger partial charge in [0.15, 0.2) is 5.75 Å². The van der Waals surface area contributed by atoms with Crippen LogP contribution in [0.25, 0.3) is 10.9 Å². The predicted molar refractivity (Wildman–Crippen MR) is 126 cm³/mol. The van der Waals surface area contributed by atoms with E-state index in [9.17, 15) is 15.0 Å². The molecule has 0 saturated heterocycles. The van der Waals surface area contributed by atoms with E-state index in [1.807, 2.05) is 12.1 Å². The van der Waals surface area contributed by atoms with Crippen molar-refractivity contribution in [1.82, 2.24) is 9.88 Å². The van der Waals surface area contributed by atoms with Crippen molar-refractivity contribution in [3.8, 4) is 5.75 Å². The van der Waals surface area contributed by atoms with Gasteiger partial charge in [0.1, 0.15) is 5.56 Å². The van der Waals surface area contributed by atoms with Crippen LogP contribution in [0.2, 0.25) is 5.02 Å². The summed E-state index contributed by atoms with van der Waals surface area (Å²) in [7, 11) is 0. The van der Waals surface area contributed by atoms with Crippen molar-refractivity contribution in [2.45, 2.75) is 27.2 Å². The highest BCUT2D eigenvalue weighted by Gasteiger charge is 2.21. The standard InChI is InChI=1S/C17H11BrClNO3.C6H15N/c18-12-3-1-2-11-14(17(22)23)16(21)13(20-15(11)12)8-9-4-6-10(19)7-5-9;1-4-7(5-2)6-3/h1-7,21H,8H2,(H,22,23);4-6H2,1-3H3. The first-order valence-electron chi connectivity index (χ1n) is 9.82. The number of rotatable bonds is 6. The fourth-order valence-corrected chi connectivity index (χ4v) is 3.68. The second kappa shape index (κ2) is 11.3. The summed E-state index contributed by atoms with van der Waals surface area (Å²) in [6.45, 7) is 10.1. The highest BCUT2D eigenvalue weighted by atomic mass is 79.9. The van der Waals surface area contributed by atoms with Crippen LogP contribution in [-0.2, 0) is 6.42 Å². The van der Waals surface area contributed by atoms with Crippen LogP contribution in [0.5, 0.6) is 5.75 Å². The minimum absolute atomic E-state index is 0.139. The molecule has 2 aromatic carbocycles. The molecule has 7 heteroatoms. The number of hydrogen-bond acceptors (Lipinski definition) is 4. The molecule has 0 aliphatic carbocycles. The third kappa shape index (κ3) is 5.94. The third-order valence-corrected chi connectivity index (χ3v) is 5.75. The summed E-state index contributed by atoms with van der Waals surface area (Å²) in [4.78, 5) is 18.4. The van der Waals surface area contributed by atoms with Crippen LogP contribution in [0, 0.1) is 0 Å². The topological polar surface area (TPSA) is 73.7 Å². The lowest BCUT2D eigenvalue weighted by Crippen LogP contribution is -2.21. The van der Waals surface area contributed by atoms with Crippen molar-refractivity contribution in [2.75, 3.05) is 19.6 Å². The molecule has 0 bridgehead atoms. The van der Waals surface area contributed by atoms with Gasteiger partial charge in [-0.15, -0.1) is 0 Å². The van der Waals surface area contributed by atoms with Crippen LogP contribution in [0.3, 0.4) is 0 Å². The molecule has 3 rings (SSSR count). The zero-order valence-electron chi connectivity index (χ0n) is 17.3. The summed E-state index contributed by atoms with van der Waals surface area (Å²) in [5.41, 5.74) is 1.55. The first-order chi connectivity index (χ1) is 14.3. The molecule has 0 atom stereocenters. The number of halogens is 2. The third-order valence-electron chi connectivity index (χ3n) is 4.85. The number of benzene rings is 2. The number of aromatic nitrogens is 1. The Kier molecular flexibility index (Phi) is 9.08. The number of carboxylic acids is 1. The average molecular weight is 494 g/mol. The number of fused-ring (bicyclic) bond motifs is 1. The predicted octanol–water partition coefficient (Wildman–Crippen LogP) is 5.99. The van der Waals surface area contributed by atoms with Crippen LogP contribution in [-0.4, -0.2) is 45.7 Å². The van der Waals surface area contributed by atoms with E-state index in [-0.39, 0.29) is 11.3 Å². The van der Waals surface area contributed by atoms with E-state index in [4.69, 9.17) is 11.6 Å². The minimum atomic E-state index is -1.19. The summed E-state index contributed by atoms with van der Waals surface area (Å²) < 4.78 is 0.676. The molecular weight excluding hydrogens is 468 g/mol. The molecule has 1 aromatic heterocycles. The minimum Gasteiger partial charge on any atom is -0.505 e. The first kappa shape index (κ1) is 24.1. The summed E-state index contributed by atoms with van der Waals surface area (Å²) in [6.07, 6.45) is 0.306. The Hall–Kier alpha value is -2.15. The molecule has 1 heterocycles. The van der Waals surface area contributed by atoms with Gasteiger partial charge < -0.3 is 15.1 Å². The van der Waals surface area contributed by atoms with E-state index in [1.54, 1.807) is 30.3 Å². The van der Waals surface area contributed by atoms with Gasteiger partial charge in [-0.05, 0) is 59.3 Å². The van der Waals surface area contributed by atoms with Gasteiger partial charge in [-0.1, -0.05) is 56.6 Å². The van der Waals surface area contributed by atoms with Crippen molar-refractivity contribution >= 4 is 44.4 Å². The summed E-state index contributed by atoms with van der Waals surface area (Å²) >= 11 is 9.24. The second-order valence-electron chi connectivity index (χ2n) is 6.65. The highest BCUT2D eigenvalue weighted by molar-refractivity contribution is 9.10. The summed E-state index contributed by atoms with van der Waals surface area (Å²) in [5, 5.41) is 20.8.